The molecule has 0 heterocycles. The van der Waals surface area contributed by atoms with Crippen molar-refractivity contribution in [1.82, 2.24) is 5.32 Å². The van der Waals surface area contributed by atoms with Crippen LogP contribution in [0.2, 0.25) is 0 Å². The Hall–Kier alpha value is -1.66. The van der Waals surface area contributed by atoms with Gasteiger partial charge >= 0.3 is 5.97 Å². The molecule has 116 valence electrons. The highest BCUT2D eigenvalue weighted by Crippen LogP contribution is 1.94. The molecule has 6 nitrogen and oxygen atoms in total. The van der Waals surface area contributed by atoms with Crippen LogP contribution >= 0.6 is 0 Å². The van der Waals surface area contributed by atoms with Crippen LogP contribution in [0, 0.1) is 0 Å². The van der Waals surface area contributed by atoms with Crippen molar-refractivity contribution in [3.05, 3.63) is 24.3 Å². The molecule has 0 bridgehead atoms. The molecule has 0 fully saturated rings. The first kappa shape index (κ1) is 20.7. The lowest BCUT2D eigenvalue weighted by Gasteiger charge is -2.18. The minimum Gasteiger partial charge on any atom is -0.461 e. The predicted octanol–water partition coefficient (Wildman–Crippen LogP) is 0.480. The van der Waals surface area contributed by atoms with Crippen LogP contribution in [-0.2, 0) is 14.3 Å². The second kappa shape index (κ2) is 10.2. The molecular weight excluding hydrogens is 258 g/mol. The number of amides is 1. The number of nitrogens with one attached hydrogen (secondary N) is 1. The van der Waals surface area contributed by atoms with Gasteiger partial charge < -0.3 is 21.5 Å². The summed E-state index contributed by atoms with van der Waals surface area (Å²) in [7, 11) is 0. The van der Waals surface area contributed by atoms with Crippen molar-refractivity contribution in [3.8, 4) is 0 Å². The van der Waals surface area contributed by atoms with Crippen LogP contribution in [0.1, 0.15) is 27.7 Å². The van der Waals surface area contributed by atoms with E-state index in [0.29, 0.717) is 24.2 Å². The van der Waals surface area contributed by atoms with E-state index in [-0.39, 0.29) is 24.0 Å². The first-order chi connectivity index (χ1) is 9.01. The second-order valence-corrected chi connectivity index (χ2v) is 5.16. The van der Waals surface area contributed by atoms with Gasteiger partial charge in [0.05, 0.1) is 0 Å². The Morgan fingerprint density at radius 3 is 2.00 bits per heavy atom. The molecular formula is C14H27N3O3. The fourth-order valence-electron chi connectivity index (χ4n) is 0.734. The number of carbonyl (C=O) groups excluding carboxylic acids is 2. The number of esters is 1. The van der Waals surface area contributed by atoms with Gasteiger partial charge in [-0.05, 0) is 27.7 Å². The van der Waals surface area contributed by atoms with Crippen LogP contribution in [0.25, 0.3) is 0 Å². The molecule has 0 aliphatic rings. The summed E-state index contributed by atoms with van der Waals surface area (Å²) in [5, 5.41) is 2.66. The van der Waals surface area contributed by atoms with Gasteiger partial charge in [-0.15, -0.1) is 0 Å². The SMILES string of the molecule is C=C(C)C(=O)NCC(C)(C)N.C=C(C)C(=O)OCCN. The van der Waals surface area contributed by atoms with Crippen molar-refractivity contribution in [1.29, 1.82) is 0 Å². The third kappa shape index (κ3) is 14.4. The number of carbonyl (C=O) groups is 2. The average molecular weight is 285 g/mol. The summed E-state index contributed by atoms with van der Waals surface area (Å²) in [6.45, 7) is 15.0. The normalized spacial score (nSPS) is 9.90. The van der Waals surface area contributed by atoms with E-state index in [0.717, 1.165) is 0 Å². The zero-order valence-electron chi connectivity index (χ0n) is 12.9. The van der Waals surface area contributed by atoms with Gasteiger partial charge in [-0.1, -0.05) is 13.2 Å². The molecule has 0 radical (unpaired) electrons. The lowest BCUT2D eigenvalue weighted by molar-refractivity contribution is -0.138. The quantitative estimate of drug-likeness (QED) is 0.486. The Bertz CT molecular complexity index is 357. The van der Waals surface area contributed by atoms with Crippen molar-refractivity contribution in [2.24, 2.45) is 11.5 Å². The summed E-state index contributed by atoms with van der Waals surface area (Å²) in [4.78, 5) is 21.4. The van der Waals surface area contributed by atoms with Crippen molar-refractivity contribution >= 4 is 11.9 Å². The summed E-state index contributed by atoms with van der Waals surface area (Å²) in [5.74, 6) is -0.510. The van der Waals surface area contributed by atoms with Gasteiger partial charge in [0, 0.05) is 29.8 Å². The van der Waals surface area contributed by atoms with Crippen LogP contribution in [0.3, 0.4) is 0 Å². The molecule has 6 heteroatoms. The molecule has 20 heavy (non-hydrogen) atoms. The van der Waals surface area contributed by atoms with E-state index in [9.17, 15) is 9.59 Å². The topological polar surface area (TPSA) is 107 Å². The van der Waals surface area contributed by atoms with Crippen molar-refractivity contribution in [2.45, 2.75) is 33.2 Å². The largest absolute Gasteiger partial charge is 0.461 e. The Morgan fingerprint density at radius 1 is 1.20 bits per heavy atom. The highest BCUT2D eigenvalue weighted by atomic mass is 16.5. The fourth-order valence-corrected chi connectivity index (χ4v) is 0.734. The van der Waals surface area contributed by atoms with E-state index >= 15 is 0 Å². The highest BCUT2D eigenvalue weighted by Gasteiger charge is 2.11. The van der Waals surface area contributed by atoms with Crippen molar-refractivity contribution < 1.29 is 14.3 Å². The maximum atomic E-state index is 10.9. The Labute approximate surface area is 121 Å². The van der Waals surface area contributed by atoms with E-state index in [2.05, 4.69) is 23.2 Å². The van der Waals surface area contributed by atoms with E-state index in [4.69, 9.17) is 11.5 Å². The monoisotopic (exact) mass is 285 g/mol. The lowest BCUT2D eigenvalue weighted by atomic mass is 10.1. The molecule has 0 saturated carbocycles. The van der Waals surface area contributed by atoms with E-state index in [1.54, 1.807) is 13.8 Å². The van der Waals surface area contributed by atoms with Crippen LogP contribution in [0.15, 0.2) is 24.3 Å². The number of hydrogen-bond acceptors (Lipinski definition) is 5. The number of nitrogens with two attached hydrogens (primary N) is 2. The van der Waals surface area contributed by atoms with Crippen LogP contribution in [0.4, 0.5) is 0 Å². The van der Waals surface area contributed by atoms with E-state index in [1.807, 2.05) is 13.8 Å². The van der Waals surface area contributed by atoms with E-state index < -0.39 is 0 Å². The molecule has 1 amide bonds. The minimum absolute atomic E-state index is 0.136. The first-order valence-corrected chi connectivity index (χ1v) is 6.26. The second-order valence-electron chi connectivity index (χ2n) is 5.16. The van der Waals surface area contributed by atoms with Gasteiger partial charge in [0.1, 0.15) is 6.61 Å². The van der Waals surface area contributed by atoms with Gasteiger partial charge in [0.2, 0.25) is 5.91 Å². The van der Waals surface area contributed by atoms with Gasteiger partial charge in [0.25, 0.3) is 0 Å². The lowest BCUT2D eigenvalue weighted by Crippen LogP contribution is -2.45. The number of ether oxygens (including phenoxy) is 1. The molecule has 0 unspecified atom stereocenters. The van der Waals surface area contributed by atoms with Crippen LogP contribution < -0.4 is 16.8 Å². The standard InChI is InChI=1S/C8H16N2O.C6H11NO2/c1-6(2)7(11)10-5-8(3,4)9;1-5(2)6(8)9-4-3-7/h1,5,9H2,2-4H3,(H,10,11);1,3-4,7H2,2H3. The third-order valence-electron chi connectivity index (χ3n) is 1.79. The highest BCUT2D eigenvalue weighted by molar-refractivity contribution is 5.92. The molecule has 0 aromatic rings. The van der Waals surface area contributed by atoms with Gasteiger partial charge in [0.15, 0.2) is 0 Å². The van der Waals surface area contributed by atoms with Gasteiger partial charge in [-0.25, -0.2) is 4.79 Å². The summed E-state index contributed by atoms with van der Waals surface area (Å²) < 4.78 is 4.59. The molecule has 0 aliphatic carbocycles. The maximum absolute atomic E-state index is 10.9. The Kier molecular flexibility index (Phi) is 10.5. The van der Waals surface area contributed by atoms with Crippen molar-refractivity contribution in [3.63, 3.8) is 0 Å². The summed E-state index contributed by atoms with van der Waals surface area (Å²) in [6.07, 6.45) is 0. The van der Waals surface area contributed by atoms with Gasteiger partial charge in [-0.3, -0.25) is 4.79 Å². The average Bonchev–Trinajstić information content (AvgIpc) is 2.32. The zero-order chi connectivity index (χ0) is 16.3. The van der Waals surface area contributed by atoms with Crippen LogP contribution in [-0.4, -0.2) is 37.1 Å². The van der Waals surface area contributed by atoms with Gasteiger partial charge in [-0.2, -0.15) is 0 Å². The number of rotatable bonds is 6. The first-order valence-electron chi connectivity index (χ1n) is 6.26. The third-order valence-corrected chi connectivity index (χ3v) is 1.79. The molecule has 0 aromatic heterocycles. The van der Waals surface area contributed by atoms with E-state index in [1.165, 1.54) is 0 Å². The molecule has 0 atom stereocenters. The van der Waals surface area contributed by atoms with Crippen LogP contribution in [0.5, 0.6) is 0 Å². The smallest absolute Gasteiger partial charge is 0.333 e. The Morgan fingerprint density at radius 2 is 1.70 bits per heavy atom. The number of hydrogen-bond donors (Lipinski definition) is 3. The molecule has 0 saturated heterocycles. The van der Waals surface area contributed by atoms with Crippen molar-refractivity contribution in [2.75, 3.05) is 19.7 Å². The summed E-state index contributed by atoms with van der Waals surface area (Å²) in [5.41, 5.74) is 11.3. The molecule has 0 aliphatic heterocycles. The molecule has 0 rings (SSSR count). The zero-order valence-corrected chi connectivity index (χ0v) is 12.9. The maximum Gasteiger partial charge on any atom is 0.333 e. The molecule has 0 spiro atoms. The minimum atomic E-state index is -0.375. The fraction of sp³-hybridized carbons (Fsp3) is 0.571. The molecule has 0 aromatic carbocycles. The Balaban J connectivity index is 0. The molecule has 5 N–H and O–H groups in total. The summed E-state index contributed by atoms with van der Waals surface area (Å²) in [6, 6.07) is 0. The predicted molar refractivity (Wildman–Crippen MR) is 80.9 cm³/mol. The summed E-state index contributed by atoms with van der Waals surface area (Å²) >= 11 is 0.